The summed E-state index contributed by atoms with van der Waals surface area (Å²) in [4.78, 5) is 59.0. The van der Waals surface area contributed by atoms with Gasteiger partial charge in [-0.05, 0) is 0 Å². The summed E-state index contributed by atoms with van der Waals surface area (Å²) in [5, 5.41) is 0. The van der Waals surface area contributed by atoms with E-state index < -0.39 is 52.7 Å². The van der Waals surface area contributed by atoms with Crippen LogP contribution in [0.4, 0.5) is 0 Å². The zero-order chi connectivity index (χ0) is 14.1. The minimum Gasteiger partial charge on any atom is -0.323 e. The maximum Gasteiger partial charge on any atom is 0.344 e. The van der Waals surface area contributed by atoms with Gasteiger partial charge in [0, 0.05) is 0 Å². The first-order chi connectivity index (χ1) is 7.98. The first-order valence-corrected chi connectivity index (χ1v) is 8.22. The molecule has 2 amide bonds. The summed E-state index contributed by atoms with van der Waals surface area (Å²) in [6.45, 7) is -1.21. The van der Waals surface area contributed by atoms with Gasteiger partial charge in [0.1, 0.15) is 25.7 Å². The van der Waals surface area contributed by atoms with Gasteiger partial charge < -0.3 is 29.4 Å². The van der Waals surface area contributed by atoms with Gasteiger partial charge in [-0.2, -0.15) is 0 Å². The lowest BCUT2D eigenvalue weighted by atomic mass is 10.3. The van der Waals surface area contributed by atoms with Crippen LogP contribution in [-0.2, 0) is 18.7 Å². The fourth-order valence-corrected chi connectivity index (χ4v) is 2.81. The van der Waals surface area contributed by atoms with E-state index in [2.05, 4.69) is 0 Å². The third kappa shape index (κ3) is 4.85. The molecule has 1 saturated heterocycles. The number of piperazine rings is 1. The Morgan fingerprint density at radius 3 is 1.33 bits per heavy atom. The van der Waals surface area contributed by atoms with E-state index in [0.717, 1.165) is 0 Å². The Balaban J connectivity index is 2.71. The van der Waals surface area contributed by atoms with Crippen molar-refractivity contribution >= 4 is 27.0 Å². The summed E-state index contributed by atoms with van der Waals surface area (Å²) >= 11 is 0. The Bertz CT molecular complexity index is 411. The highest BCUT2D eigenvalue weighted by atomic mass is 31.2. The fourth-order valence-electron chi connectivity index (χ4n) is 1.41. The van der Waals surface area contributed by atoms with E-state index in [4.69, 9.17) is 19.6 Å². The third-order valence-electron chi connectivity index (χ3n) is 2.07. The Kier molecular flexibility index (Phi) is 4.32. The monoisotopic (exact) mass is 302 g/mol. The van der Waals surface area contributed by atoms with Crippen molar-refractivity contribution in [2.24, 2.45) is 0 Å². The Labute approximate surface area is 102 Å². The zero-order valence-electron chi connectivity index (χ0n) is 9.04. The Morgan fingerprint density at radius 2 is 1.11 bits per heavy atom. The Morgan fingerprint density at radius 1 is 0.833 bits per heavy atom. The number of hydrogen-bond acceptors (Lipinski definition) is 4. The summed E-state index contributed by atoms with van der Waals surface area (Å²) < 4.78 is 21.4. The molecule has 0 aromatic heterocycles. The first-order valence-electron chi connectivity index (χ1n) is 4.63. The van der Waals surface area contributed by atoms with Gasteiger partial charge in [-0.1, -0.05) is 0 Å². The third-order valence-corrected chi connectivity index (χ3v) is 3.49. The van der Waals surface area contributed by atoms with Crippen molar-refractivity contribution in [2.75, 3.05) is 25.7 Å². The summed E-state index contributed by atoms with van der Waals surface area (Å²) in [5.41, 5.74) is 0. The van der Waals surface area contributed by atoms with Gasteiger partial charge in [-0.3, -0.25) is 18.7 Å². The molecule has 0 atom stereocenters. The van der Waals surface area contributed by atoms with Crippen LogP contribution in [0.2, 0.25) is 0 Å². The van der Waals surface area contributed by atoms with Crippen LogP contribution in [0.25, 0.3) is 0 Å². The lowest BCUT2D eigenvalue weighted by Crippen LogP contribution is -2.53. The van der Waals surface area contributed by atoms with Crippen LogP contribution in [0.1, 0.15) is 0 Å². The molecule has 0 radical (unpaired) electrons. The number of hydrogen-bond donors (Lipinski definition) is 4. The molecule has 4 N–H and O–H groups in total. The van der Waals surface area contributed by atoms with Gasteiger partial charge in [-0.25, -0.2) is 0 Å². The molecule has 0 saturated carbocycles. The predicted octanol–water partition coefficient (Wildman–Crippen LogP) is -2.07. The Hall–Kier alpha value is -0.760. The standard InChI is InChI=1S/C6H12N2O8P2/c9-5-1-7(3-17(11,12)13)6(10)2-8(5)4-18(14,15)16/h1-4H2,(H2,11,12,13)(H2,14,15,16). The summed E-state index contributed by atoms with van der Waals surface area (Å²) in [6, 6.07) is 0. The molecule has 1 rings (SSSR count). The molecule has 0 aliphatic carbocycles. The second-order valence-electron chi connectivity index (χ2n) is 3.80. The van der Waals surface area contributed by atoms with Gasteiger partial charge in [-0.15, -0.1) is 0 Å². The average Bonchev–Trinajstić information content (AvgIpc) is 2.08. The van der Waals surface area contributed by atoms with Crippen LogP contribution in [0.15, 0.2) is 0 Å². The van der Waals surface area contributed by atoms with Crippen LogP contribution in [0, 0.1) is 0 Å². The van der Waals surface area contributed by atoms with E-state index in [0.29, 0.717) is 9.80 Å². The summed E-state index contributed by atoms with van der Waals surface area (Å²) in [5.74, 6) is -1.54. The van der Waals surface area contributed by atoms with Gasteiger partial charge >= 0.3 is 15.2 Å². The maximum atomic E-state index is 11.4. The largest absolute Gasteiger partial charge is 0.344 e. The van der Waals surface area contributed by atoms with E-state index in [1.165, 1.54) is 0 Å². The minimum absolute atomic E-state index is 0.607. The minimum atomic E-state index is -4.48. The van der Waals surface area contributed by atoms with Gasteiger partial charge in [0.25, 0.3) is 0 Å². The van der Waals surface area contributed by atoms with Crippen LogP contribution in [0.5, 0.6) is 0 Å². The molecular weight excluding hydrogens is 290 g/mol. The van der Waals surface area contributed by atoms with Crippen LogP contribution >= 0.6 is 15.2 Å². The molecule has 18 heavy (non-hydrogen) atoms. The molecular formula is C6H12N2O8P2. The van der Waals surface area contributed by atoms with E-state index in [9.17, 15) is 18.7 Å². The van der Waals surface area contributed by atoms with E-state index >= 15 is 0 Å². The molecule has 1 aliphatic heterocycles. The van der Waals surface area contributed by atoms with E-state index in [-0.39, 0.29) is 0 Å². The number of carbonyl (C=O) groups is 2. The fraction of sp³-hybridized carbons (Fsp3) is 0.667. The second-order valence-corrected chi connectivity index (χ2v) is 7.02. The molecule has 0 aromatic rings. The summed E-state index contributed by atoms with van der Waals surface area (Å²) in [6.07, 6.45) is -1.78. The van der Waals surface area contributed by atoms with E-state index in [1.807, 2.05) is 0 Å². The van der Waals surface area contributed by atoms with Crippen LogP contribution in [0.3, 0.4) is 0 Å². The highest BCUT2D eigenvalue weighted by Crippen LogP contribution is 2.37. The van der Waals surface area contributed by atoms with Crippen molar-refractivity contribution in [3.63, 3.8) is 0 Å². The van der Waals surface area contributed by atoms with Crippen molar-refractivity contribution in [2.45, 2.75) is 0 Å². The smallest absolute Gasteiger partial charge is 0.323 e. The second kappa shape index (κ2) is 5.08. The lowest BCUT2D eigenvalue weighted by molar-refractivity contribution is -0.148. The molecule has 1 aliphatic rings. The van der Waals surface area contributed by atoms with Crippen LogP contribution < -0.4 is 0 Å². The van der Waals surface area contributed by atoms with Gasteiger partial charge in [0.2, 0.25) is 11.8 Å². The van der Waals surface area contributed by atoms with E-state index in [1.54, 1.807) is 0 Å². The molecule has 0 aromatic carbocycles. The molecule has 0 spiro atoms. The van der Waals surface area contributed by atoms with Crippen molar-refractivity contribution in [1.82, 2.24) is 9.80 Å². The maximum absolute atomic E-state index is 11.4. The molecule has 12 heteroatoms. The number of amides is 2. The molecule has 0 unspecified atom stereocenters. The zero-order valence-corrected chi connectivity index (χ0v) is 10.8. The van der Waals surface area contributed by atoms with Crippen LogP contribution in [-0.4, -0.2) is 66.8 Å². The lowest BCUT2D eigenvalue weighted by Gasteiger charge is -2.33. The van der Waals surface area contributed by atoms with Gasteiger partial charge in [0.05, 0.1) is 0 Å². The van der Waals surface area contributed by atoms with Crippen molar-refractivity contribution in [3.8, 4) is 0 Å². The normalized spacial score (nSPS) is 18.4. The van der Waals surface area contributed by atoms with Crippen molar-refractivity contribution < 1.29 is 38.3 Å². The van der Waals surface area contributed by atoms with Crippen molar-refractivity contribution in [3.05, 3.63) is 0 Å². The van der Waals surface area contributed by atoms with Gasteiger partial charge in [0.15, 0.2) is 0 Å². The number of nitrogens with zero attached hydrogens (tertiary/aromatic N) is 2. The SMILES string of the molecule is O=C1CN(CP(=O)(O)O)C(=O)CN1CP(=O)(O)O. The topological polar surface area (TPSA) is 156 Å². The molecule has 104 valence electrons. The highest BCUT2D eigenvalue weighted by molar-refractivity contribution is 7.52. The molecule has 10 nitrogen and oxygen atoms in total. The molecule has 1 fully saturated rings. The quantitative estimate of drug-likeness (QED) is 0.431. The number of carbonyl (C=O) groups excluding carboxylic acids is 2. The average molecular weight is 302 g/mol. The molecule has 0 bridgehead atoms. The summed E-state index contributed by atoms with van der Waals surface area (Å²) in [7, 11) is -8.96. The number of rotatable bonds is 4. The highest BCUT2D eigenvalue weighted by Gasteiger charge is 2.35. The predicted molar refractivity (Wildman–Crippen MR) is 57.2 cm³/mol. The first kappa shape index (κ1) is 15.3. The molecule has 1 heterocycles. The van der Waals surface area contributed by atoms with Crippen molar-refractivity contribution in [1.29, 1.82) is 0 Å².